The summed E-state index contributed by atoms with van der Waals surface area (Å²) >= 11 is 0. The van der Waals surface area contributed by atoms with Gasteiger partial charge in [-0.3, -0.25) is 9.35 Å². The number of amidine groups is 1. The molecule has 2 aromatic rings. The van der Waals surface area contributed by atoms with Crippen LogP contribution in [0, 0.1) is 0 Å². The van der Waals surface area contributed by atoms with Gasteiger partial charge in [-0.05, 0) is 30.3 Å². The Kier molecular flexibility index (Phi) is 5.86. The van der Waals surface area contributed by atoms with E-state index in [-0.39, 0.29) is 53.3 Å². The molecule has 0 aliphatic carbocycles. The van der Waals surface area contributed by atoms with E-state index < -0.39 is 20.9 Å². The van der Waals surface area contributed by atoms with E-state index in [9.17, 15) is 17.8 Å². The third kappa shape index (κ3) is 4.39. The van der Waals surface area contributed by atoms with Crippen molar-refractivity contribution in [2.45, 2.75) is 11.3 Å². The first-order valence-corrected chi connectivity index (χ1v) is 8.29. The number of hydrogen-bond donors (Lipinski definition) is 2. The summed E-state index contributed by atoms with van der Waals surface area (Å²) in [6.07, 6.45) is -0.0521. The quantitative estimate of drug-likeness (QED) is 0.613. The van der Waals surface area contributed by atoms with Gasteiger partial charge in [0.15, 0.2) is 0 Å². The molecule has 0 aromatic heterocycles. The van der Waals surface area contributed by atoms with Crippen LogP contribution in [0.15, 0.2) is 58.5 Å². The summed E-state index contributed by atoms with van der Waals surface area (Å²) < 4.78 is 38.3. The third-order valence-electron chi connectivity index (χ3n) is 3.22. The van der Waals surface area contributed by atoms with E-state index in [0.29, 0.717) is 5.75 Å². The van der Waals surface area contributed by atoms with E-state index in [1.165, 1.54) is 12.1 Å². The fourth-order valence-electron chi connectivity index (χ4n) is 2.18. The maximum atomic E-state index is 11.8. The van der Waals surface area contributed by atoms with Crippen molar-refractivity contribution in [2.75, 3.05) is 5.01 Å². The van der Waals surface area contributed by atoms with Gasteiger partial charge in [-0.2, -0.15) is 18.5 Å². The van der Waals surface area contributed by atoms with Crippen LogP contribution >= 0.6 is 0 Å². The first-order chi connectivity index (χ1) is 11.3. The van der Waals surface area contributed by atoms with E-state index in [4.69, 9.17) is 10.5 Å². The molecular formula is C15H14N3NaO5S. The van der Waals surface area contributed by atoms with Crippen LogP contribution in [0.3, 0.4) is 0 Å². The summed E-state index contributed by atoms with van der Waals surface area (Å²) in [5, 5.41) is 4.82. The number of benzene rings is 2. The molecule has 0 fully saturated rings. The number of nitrogens with two attached hydrogens (primary N) is 1. The van der Waals surface area contributed by atoms with E-state index in [1.807, 2.05) is 0 Å². The summed E-state index contributed by atoms with van der Waals surface area (Å²) in [7, 11) is -4.58. The molecular weight excluding hydrogens is 357 g/mol. The molecule has 10 heteroatoms. The Balaban J connectivity index is 0.00000225. The number of anilines is 1. The summed E-state index contributed by atoms with van der Waals surface area (Å²) in [6.45, 7) is 0. The van der Waals surface area contributed by atoms with Crippen LogP contribution in [-0.4, -0.2) is 54.3 Å². The molecule has 0 spiro atoms. The number of hydrazone groups is 1. The average Bonchev–Trinajstić information content (AvgIpc) is 2.86. The van der Waals surface area contributed by atoms with Crippen LogP contribution in [0.5, 0.6) is 11.5 Å². The zero-order valence-corrected chi connectivity index (χ0v) is 13.1. The Bertz CT molecular complexity index is 931. The van der Waals surface area contributed by atoms with Crippen LogP contribution in [-0.2, 0) is 14.9 Å². The Morgan fingerprint density at radius 2 is 1.84 bits per heavy atom. The van der Waals surface area contributed by atoms with Crippen LogP contribution in [0.25, 0.3) is 0 Å². The summed E-state index contributed by atoms with van der Waals surface area (Å²) in [5.74, 6) is 0.0502. The van der Waals surface area contributed by atoms with Gasteiger partial charge in [0.25, 0.3) is 16.0 Å². The molecule has 3 rings (SSSR count). The molecule has 1 heterocycles. The second kappa shape index (κ2) is 7.54. The van der Waals surface area contributed by atoms with Crippen molar-refractivity contribution in [3.8, 4) is 11.5 Å². The maximum absolute atomic E-state index is 11.8. The van der Waals surface area contributed by atoms with Gasteiger partial charge in [0, 0.05) is 0 Å². The normalized spacial score (nSPS) is 14.0. The number of carbonyl (C=O) groups excluding carboxylic acids is 1. The molecule has 0 unspecified atom stereocenters. The minimum absolute atomic E-state index is 0. The summed E-state index contributed by atoms with van der Waals surface area (Å²) in [6, 6.07) is 12.4. The summed E-state index contributed by atoms with van der Waals surface area (Å²) in [4.78, 5) is 11.3. The molecule has 25 heavy (non-hydrogen) atoms. The third-order valence-corrected chi connectivity index (χ3v) is 4.09. The molecule has 8 nitrogen and oxygen atoms in total. The number of hydrogen-bond acceptors (Lipinski definition) is 6. The standard InChI is InChI=1S/C15H13N3O5S.Na.H/c16-14-9-15(19)18(17-14)10-6-7-12(13(8-10)24(20,21)22)23-11-4-2-1-3-5-11;;/h1-8H,9H2,(H2,16,17)(H,20,21,22);;. The molecule has 1 aliphatic heterocycles. The van der Waals surface area contributed by atoms with Gasteiger partial charge in [-0.15, -0.1) is 0 Å². The molecule has 0 radical (unpaired) electrons. The van der Waals surface area contributed by atoms with E-state index in [0.717, 1.165) is 11.1 Å². The topological polar surface area (TPSA) is 122 Å². The van der Waals surface area contributed by atoms with Crippen molar-refractivity contribution in [1.82, 2.24) is 0 Å². The molecule has 126 valence electrons. The zero-order valence-electron chi connectivity index (χ0n) is 12.3. The van der Waals surface area contributed by atoms with Gasteiger partial charge in [0.1, 0.15) is 22.2 Å². The first-order valence-electron chi connectivity index (χ1n) is 6.85. The Hall–Kier alpha value is -1.91. The van der Waals surface area contributed by atoms with Crippen molar-refractivity contribution in [3.05, 3.63) is 48.5 Å². The van der Waals surface area contributed by atoms with Crippen molar-refractivity contribution < 1.29 is 22.5 Å². The number of amides is 1. The number of carbonyl (C=O) groups is 1. The zero-order chi connectivity index (χ0) is 17.3. The van der Waals surface area contributed by atoms with Crippen LogP contribution in [0.1, 0.15) is 6.42 Å². The molecule has 0 saturated carbocycles. The number of nitrogens with zero attached hydrogens (tertiary/aromatic N) is 2. The molecule has 1 amide bonds. The van der Waals surface area contributed by atoms with Gasteiger partial charge < -0.3 is 10.5 Å². The van der Waals surface area contributed by atoms with Crippen LogP contribution in [0.4, 0.5) is 5.69 Å². The van der Waals surface area contributed by atoms with Gasteiger partial charge in [-0.1, -0.05) is 18.2 Å². The number of ether oxygens (including phenoxy) is 1. The molecule has 0 bridgehead atoms. The second-order valence-corrected chi connectivity index (χ2v) is 6.38. The number of rotatable bonds is 4. The van der Waals surface area contributed by atoms with Crippen molar-refractivity contribution >= 4 is 57.1 Å². The Labute approximate surface area is 166 Å². The monoisotopic (exact) mass is 371 g/mol. The molecule has 1 aliphatic rings. The summed E-state index contributed by atoms with van der Waals surface area (Å²) in [5.41, 5.74) is 5.66. The van der Waals surface area contributed by atoms with E-state index in [2.05, 4.69) is 5.10 Å². The van der Waals surface area contributed by atoms with Crippen LogP contribution in [0.2, 0.25) is 0 Å². The van der Waals surface area contributed by atoms with Gasteiger partial charge in [-0.25, -0.2) is 0 Å². The molecule has 2 aromatic carbocycles. The molecule has 3 N–H and O–H groups in total. The molecule has 0 atom stereocenters. The minimum atomic E-state index is -4.58. The average molecular weight is 371 g/mol. The first kappa shape index (κ1) is 19.4. The Morgan fingerprint density at radius 1 is 1.16 bits per heavy atom. The van der Waals surface area contributed by atoms with Crippen molar-refractivity contribution in [1.29, 1.82) is 0 Å². The van der Waals surface area contributed by atoms with Gasteiger partial charge >= 0.3 is 29.6 Å². The fraction of sp³-hybridized carbons (Fsp3) is 0.0667. The van der Waals surface area contributed by atoms with Gasteiger partial charge in [0.2, 0.25) is 0 Å². The van der Waals surface area contributed by atoms with Crippen molar-refractivity contribution in [3.63, 3.8) is 0 Å². The SMILES string of the molecule is NC1=NN(c2ccc(Oc3ccccc3)c(S(=O)(=O)O)c2)C(=O)C1.[NaH]. The molecule has 0 saturated heterocycles. The van der Waals surface area contributed by atoms with Gasteiger partial charge in [0.05, 0.1) is 12.1 Å². The predicted molar refractivity (Wildman–Crippen MR) is 93.6 cm³/mol. The van der Waals surface area contributed by atoms with E-state index in [1.54, 1.807) is 30.3 Å². The fourth-order valence-corrected chi connectivity index (χ4v) is 2.81. The van der Waals surface area contributed by atoms with Crippen molar-refractivity contribution in [2.24, 2.45) is 10.8 Å². The van der Waals surface area contributed by atoms with Crippen LogP contribution < -0.4 is 15.5 Å². The predicted octanol–water partition coefficient (Wildman–Crippen LogP) is 1.09. The van der Waals surface area contributed by atoms with E-state index >= 15 is 0 Å². The number of para-hydroxylation sites is 1. The second-order valence-electron chi connectivity index (χ2n) is 4.99. The Morgan fingerprint density at radius 3 is 2.40 bits per heavy atom.